The molecule has 2 saturated heterocycles. The first-order valence-electron chi connectivity index (χ1n) is 7.39. The summed E-state index contributed by atoms with van der Waals surface area (Å²) in [5.74, 6) is 0. The summed E-state index contributed by atoms with van der Waals surface area (Å²) in [6.45, 7) is 4.01. The third-order valence-corrected chi connectivity index (χ3v) is 4.46. The van der Waals surface area contributed by atoms with Crippen LogP contribution in [-0.2, 0) is 0 Å². The van der Waals surface area contributed by atoms with Gasteiger partial charge in [-0.15, -0.1) is 0 Å². The van der Waals surface area contributed by atoms with Crippen LogP contribution in [0.25, 0.3) is 0 Å². The van der Waals surface area contributed by atoms with Gasteiger partial charge in [-0.05, 0) is 52.2 Å². The number of likely N-dealkylation sites (tertiary alicyclic amines) is 2. The normalized spacial score (nSPS) is 35.8. The first-order chi connectivity index (χ1) is 8.63. The Morgan fingerprint density at radius 1 is 1.22 bits per heavy atom. The Kier molecular flexibility index (Phi) is 5.01. The molecule has 0 aromatic heterocycles. The van der Waals surface area contributed by atoms with Crippen LogP contribution in [0.3, 0.4) is 0 Å². The molecule has 4 heteroatoms. The minimum absolute atomic E-state index is 0.263. The molecule has 0 aromatic carbocycles. The first-order valence-corrected chi connectivity index (χ1v) is 7.39. The third-order valence-electron chi connectivity index (χ3n) is 4.46. The SMILES string of the molecule is CN1CCC[C@](O)(CN2CCCC[C@@H]2CCO)C1. The number of β-amino-alcohol motifs (C(OH)–C–C–N with tert-alkyl or cyclic N) is 1. The van der Waals surface area contributed by atoms with Crippen molar-refractivity contribution in [1.82, 2.24) is 9.80 Å². The van der Waals surface area contributed by atoms with E-state index < -0.39 is 5.60 Å². The van der Waals surface area contributed by atoms with E-state index in [-0.39, 0.29) is 6.61 Å². The van der Waals surface area contributed by atoms with E-state index in [1.165, 1.54) is 19.3 Å². The Hall–Kier alpha value is -0.160. The molecule has 2 N–H and O–H groups in total. The molecule has 2 atom stereocenters. The summed E-state index contributed by atoms with van der Waals surface area (Å²) in [7, 11) is 2.09. The third kappa shape index (κ3) is 3.67. The minimum Gasteiger partial charge on any atom is -0.396 e. The van der Waals surface area contributed by atoms with Gasteiger partial charge in [-0.1, -0.05) is 6.42 Å². The Morgan fingerprint density at radius 2 is 2.06 bits per heavy atom. The number of rotatable bonds is 4. The van der Waals surface area contributed by atoms with E-state index >= 15 is 0 Å². The molecule has 4 nitrogen and oxygen atoms in total. The van der Waals surface area contributed by atoms with Crippen LogP contribution in [-0.4, -0.2) is 71.5 Å². The van der Waals surface area contributed by atoms with Gasteiger partial charge in [0.2, 0.25) is 0 Å². The lowest BCUT2D eigenvalue weighted by Crippen LogP contribution is -2.56. The smallest absolute Gasteiger partial charge is 0.0900 e. The zero-order valence-corrected chi connectivity index (χ0v) is 11.6. The first kappa shape index (κ1) is 14.3. The average molecular weight is 256 g/mol. The predicted octanol–water partition coefficient (Wildman–Crippen LogP) is 0.680. The summed E-state index contributed by atoms with van der Waals surface area (Å²) >= 11 is 0. The Morgan fingerprint density at radius 3 is 2.78 bits per heavy atom. The van der Waals surface area contributed by atoms with Crippen LogP contribution in [0.5, 0.6) is 0 Å². The maximum atomic E-state index is 10.7. The van der Waals surface area contributed by atoms with Crippen molar-refractivity contribution in [3.05, 3.63) is 0 Å². The van der Waals surface area contributed by atoms with Crippen LogP contribution in [0, 0.1) is 0 Å². The fraction of sp³-hybridized carbons (Fsp3) is 1.00. The van der Waals surface area contributed by atoms with E-state index in [9.17, 15) is 5.11 Å². The van der Waals surface area contributed by atoms with Crippen LogP contribution >= 0.6 is 0 Å². The molecule has 2 fully saturated rings. The summed E-state index contributed by atoms with van der Waals surface area (Å²) in [5.41, 5.74) is -0.544. The van der Waals surface area contributed by atoms with E-state index in [1.54, 1.807) is 0 Å². The molecule has 0 amide bonds. The molecule has 2 aliphatic heterocycles. The summed E-state index contributed by atoms with van der Waals surface area (Å²) in [5, 5.41) is 19.9. The van der Waals surface area contributed by atoms with E-state index in [4.69, 9.17) is 5.11 Å². The molecule has 2 aliphatic rings. The van der Waals surface area contributed by atoms with Gasteiger partial charge in [0.05, 0.1) is 5.60 Å². The number of aliphatic hydroxyl groups is 2. The Bertz CT molecular complexity index is 260. The van der Waals surface area contributed by atoms with Gasteiger partial charge >= 0.3 is 0 Å². The molecule has 0 aromatic rings. The lowest BCUT2D eigenvalue weighted by molar-refractivity contribution is -0.0614. The molecule has 18 heavy (non-hydrogen) atoms. The zero-order chi connectivity index (χ0) is 13.0. The minimum atomic E-state index is -0.544. The molecule has 0 spiro atoms. The van der Waals surface area contributed by atoms with Crippen LogP contribution in [0.4, 0.5) is 0 Å². The zero-order valence-electron chi connectivity index (χ0n) is 11.6. The van der Waals surface area contributed by atoms with Crippen LogP contribution in [0.15, 0.2) is 0 Å². The number of hydrogen-bond acceptors (Lipinski definition) is 4. The van der Waals surface area contributed by atoms with Crippen molar-refractivity contribution in [1.29, 1.82) is 0 Å². The highest BCUT2D eigenvalue weighted by molar-refractivity contribution is 4.91. The summed E-state index contributed by atoms with van der Waals surface area (Å²) in [4.78, 5) is 4.65. The van der Waals surface area contributed by atoms with E-state index in [1.807, 2.05) is 0 Å². The second-order valence-electron chi connectivity index (χ2n) is 6.20. The quantitative estimate of drug-likeness (QED) is 0.776. The van der Waals surface area contributed by atoms with Gasteiger partial charge < -0.3 is 15.1 Å². The molecular formula is C14H28N2O2. The largest absolute Gasteiger partial charge is 0.396 e. The molecule has 0 radical (unpaired) electrons. The van der Waals surface area contributed by atoms with Crippen molar-refractivity contribution in [3.63, 3.8) is 0 Å². The highest BCUT2D eigenvalue weighted by Crippen LogP contribution is 2.26. The van der Waals surface area contributed by atoms with Crippen molar-refractivity contribution in [2.24, 2.45) is 0 Å². The fourth-order valence-corrected chi connectivity index (χ4v) is 3.59. The van der Waals surface area contributed by atoms with Crippen molar-refractivity contribution >= 4 is 0 Å². The summed E-state index contributed by atoms with van der Waals surface area (Å²) in [6.07, 6.45) is 6.52. The monoisotopic (exact) mass is 256 g/mol. The number of piperidine rings is 2. The summed E-state index contributed by atoms with van der Waals surface area (Å²) in [6, 6.07) is 0.472. The second-order valence-corrected chi connectivity index (χ2v) is 6.20. The van der Waals surface area contributed by atoms with Crippen LogP contribution < -0.4 is 0 Å². The fourth-order valence-electron chi connectivity index (χ4n) is 3.59. The van der Waals surface area contributed by atoms with Gasteiger partial charge in [0, 0.05) is 25.7 Å². The van der Waals surface area contributed by atoms with Gasteiger partial charge in [-0.25, -0.2) is 0 Å². The van der Waals surface area contributed by atoms with Gasteiger partial charge in [0.25, 0.3) is 0 Å². The molecular weight excluding hydrogens is 228 g/mol. The lowest BCUT2D eigenvalue weighted by Gasteiger charge is -2.44. The van der Waals surface area contributed by atoms with Crippen molar-refractivity contribution < 1.29 is 10.2 Å². The van der Waals surface area contributed by atoms with Gasteiger partial charge in [0.1, 0.15) is 0 Å². The standard InChI is InChI=1S/C14H28N2O2/c1-15-8-4-7-14(18,11-15)12-16-9-3-2-5-13(16)6-10-17/h13,17-18H,2-12H2,1H3/t13-,14-/m1/s1. The molecule has 106 valence electrons. The highest BCUT2D eigenvalue weighted by Gasteiger charge is 2.36. The molecule has 2 rings (SSSR count). The van der Waals surface area contributed by atoms with Crippen molar-refractivity contribution in [2.75, 3.05) is 39.8 Å². The van der Waals surface area contributed by atoms with Gasteiger partial charge in [-0.2, -0.15) is 0 Å². The second kappa shape index (κ2) is 6.33. The predicted molar refractivity (Wildman–Crippen MR) is 72.6 cm³/mol. The molecule has 0 saturated carbocycles. The summed E-state index contributed by atoms with van der Waals surface area (Å²) < 4.78 is 0. The van der Waals surface area contributed by atoms with Gasteiger partial charge in [-0.3, -0.25) is 4.90 Å². The molecule has 0 unspecified atom stereocenters. The maximum Gasteiger partial charge on any atom is 0.0900 e. The number of hydrogen-bond donors (Lipinski definition) is 2. The topological polar surface area (TPSA) is 46.9 Å². The maximum absolute atomic E-state index is 10.7. The van der Waals surface area contributed by atoms with Crippen molar-refractivity contribution in [2.45, 2.75) is 50.2 Å². The van der Waals surface area contributed by atoms with E-state index in [0.717, 1.165) is 45.4 Å². The number of aliphatic hydroxyl groups excluding tert-OH is 1. The van der Waals surface area contributed by atoms with Crippen LogP contribution in [0.1, 0.15) is 38.5 Å². The number of likely N-dealkylation sites (N-methyl/N-ethyl adjacent to an activating group) is 1. The molecule has 2 heterocycles. The number of nitrogens with zero attached hydrogens (tertiary/aromatic N) is 2. The van der Waals surface area contributed by atoms with E-state index in [0.29, 0.717) is 6.04 Å². The Labute approximate surface area is 111 Å². The highest BCUT2D eigenvalue weighted by atomic mass is 16.3. The van der Waals surface area contributed by atoms with Crippen molar-refractivity contribution in [3.8, 4) is 0 Å². The van der Waals surface area contributed by atoms with Gasteiger partial charge in [0.15, 0.2) is 0 Å². The van der Waals surface area contributed by atoms with Crippen LogP contribution in [0.2, 0.25) is 0 Å². The molecule has 0 aliphatic carbocycles. The average Bonchev–Trinajstić information content (AvgIpc) is 2.31. The molecule has 0 bridgehead atoms. The van der Waals surface area contributed by atoms with E-state index in [2.05, 4.69) is 16.8 Å². The lowest BCUT2D eigenvalue weighted by atomic mass is 9.90. The Balaban J connectivity index is 1.92.